The summed E-state index contributed by atoms with van der Waals surface area (Å²) >= 11 is 0. The van der Waals surface area contributed by atoms with Crippen LogP contribution in [0, 0.1) is 12.3 Å². The van der Waals surface area contributed by atoms with Crippen molar-refractivity contribution in [1.82, 2.24) is 15.5 Å². The van der Waals surface area contributed by atoms with Gasteiger partial charge in [-0.3, -0.25) is 9.59 Å². The fraction of sp³-hybridized carbons (Fsp3) is 0.577. The van der Waals surface area contributed by atoms with Crippen LogP contribution in [-0.4, -0.2) is 47.0 Å². The molecule has 0 aliphatic heterocycles. The van der Waals surface area contributed by atoms with Gasteiger partial charge in [-0.25, -0.2) is 4.79 Å². The number of hydrogen-bond acceptors (Lipinski definition) is 4. The van der Waals surface area contributed by atoms with Crippen molar-refractivity contribution in [2.24, 2.45) is 0 Å². The molecule has 0 bridgehead atoms. The lowest BCUT2D eigenvalue weighted by molar-refractivity contribution is -0.147. The number of alkyl carbamates (subject to hydrolysis) is 1. The topological polar surface area (TPSA) is 87.7 Å². The molecule has 0 heterocycles. The van der Waals surface area contributed by atoms with Gasteiger partial charge in [-0.1, -0.05) is 37.5 Å². The zero-order chi connectivity index (χ0) is 24.6. The van der Waals surface area contributed by atoms with Gasteiger partial charge in [0.15, 0.2) is 0 Å². The van der Waals surface area contributed by atoms with Crippen LogP contribution in [-0.2, 0) is 14.3 Å². The summed E-state index contributed by atoms with van der Waals surface area (Å²) in [5.41, 5.74) is 0.491. The first kappa shape index (κ1) is 26.2. The van der Waals surface area contributed by atoms with E-state index in [1.165, 1.54) is 0 Å². The molecule has 180 valence electrons. The molecule has 2 atom stereocenters. The monoisotopic (exact) mass is 455 g/mol. The molecule has 0 spiro atoms. The fourth-order valence-electron chi connectivity index (χ4n) is 3.72. The summed E-state index contributed by atoms with van der Waals surface area (Å²) in [6, 6.07) is 5.34. The van der Waals surface area contributed by atoms with Crippen molar-refractivity contribution in [3.63, 3.8) is 0 Å². The molecule has 2 unspecified atom stereocenters. The number of nitrogens with one attached hydrogen (secondary N) is 2. The normalized spacial score (nSPS) is 15.4. The van der Waals surface area contributed by atoms with Gasteiger partial charge in [0, 0.05) is 18.2 Å². The van der Waals surface area contributed by atoms with Crippen LogP contribution in [0.25, 0.3) is 0 Å². The average molecular weight is 456 g/mol. The molecule has 2 N–H and O–H groups in total. The van der Waals surface area contributed by atoms with E-state index in [-0.39, 0.29) is 17.9 Å². The zero-order valence-electron chi connectivity index (χ0n) is 20.4. The predicted octanol–water partition coefficient (Wildman–Crippen LogP) is 3.92. The number of hydrogen-bond donors (Lipinski definition) is 2. The number of terminal acetylenes is 1. The molecule has 2 rings (SSSR count). The summed E-state index contributed by atoms with van der Waals surface area (Å²) in [5, 5.41) is 5.59. The Balaban J connectivity index is 2.39. The lowest BCUT2D eigenvalue weighted by Crippen LogP contribution is -2.56. The summed E-state index contributed by atoms with van der Waals surface area (Å²) < 4.78 is 5.31. The van der Waals surface area contributed by atoms with Gasteiger partial charge >= 0.3 is 6.09 Å². The molecule has 1 aliphatic carbocycles. The summed E-state index contributed by atoms with van der Waals surface area (Å²) in [4.78, 5) is 41.0. The number of rotatable bonds is 9. The number of benzene rings is 1. The third-order valence-corrected chi connectivity index (χ3v) is 5.59. The second-order valence-electron chi connectivity index (χ2n) is 9.48. The third kappa shape index (κ3) is 7.24. The van der Waals surface area contributed by atoms with Gasteiger partial charge < -0.3 is 20.3 Å². The van der Waals surface area contributed by atoms with Crippen molar-refractivity contribution in [1.29, 1.82) is 0 Å². The quantitative estimate of drug-likeness (QED) is 0.436. The van der Waals surface area contributed by atoms with Crippen LogP contribution in [0.2, 0.25) is 0 Å². The smallest absolute Gasteiger partial charge is 0.408 e. The second-order valence-corrected chi connectivity index (χ2v) is 9.48. The maximum atomic E-state index is 13.7. The van der Waals surface area contributed by atoms with Gasteiger partial charge in [0.2, 0.25) is 11.8 Å². The molecule has 1 fully saturated rings. The van der Waals surface area contributed by atoms with Crippen LogP contribution in [0.1, 0.15) is 83.9 Å². The predicted molar refractivity (Wildman–Crippen MR) is 128 cm³/mol. The standard InChI is InChI=1S/C26H37N3O4/c1-7-9-17-27-23(30)22(21-16-11-10-13-19(21)8-2)29(20-14-12-15-20)24(31)18(3)28-25(32)33-26(4,5)6/h2,10-11,13,16,18,20,22H,7,9,12,14-15,17H2,1,3-6H3,(H,27,30)(H,28,32). The van der Waals surface area contributed by atoms with Crippen molar-refractivity contribution in [3.05, 3.63) is 35.4 Å². The number of ether oxygens (including phenoxy) is 1. The Morgan fingerprint density at radius 1 is 1.24 bits per heavy atom. The van der Waals surface area contributed by atoms with E-state index >= 15 is 0 Å². The first-order valence-corrected chi connectivity index (χ1v) is 11.7. The van der Waals surface area contributed by atoms with Gasteiger partial charge in [0.25, 0.3) is 0 Å². The Hall–Kier alpha value is -3.01. The summed E-state index contributed by atoms with van der Waals surface area (Å²) in [6.45, 7) is 9.44. The van der Waals surface area contributed by atoms with Crippen LogP contribution in [0.5, 0.6) is 0 Å². The minimum absolute atomic E-state index is 0.104. The minimum atomic E-state index is -0.880. The Bertz CT molecular complexity index is 880. The van der Waals surface area contributed by atoms with Crippen LogP contribution in [0.15, 0.2) is 24.3 Å². The Kier molecular flexibility index (Phi) is 9.33. The molecular weight excluding hydrogens is 418 g/mol. The van der Waals surface area contributed by atoms with E-state index in [0.29, 0.717) is 17.7 Å². The van der Waals surface area contributed by atoms with E-state index in [1.807, 2.05) is 19.1 Å². The van der Waals surface area contributed by atoms with E-state index in [1.54, 1.807) is 44.7 Å². The van der Waals surface area contributed by atoms with Gasteiger partial charge in [0.1, 0.15) is 17.7 Å². The largest absolute Gasteiger partial charge is 0.444 e. The number of carbonyl (C=O) groups excluding carboxylic acids is 3. The highest BCUT2D eigenvalue weighted by Crippen LogP contribution is 2.34. The molecule has 7 nitrogen and oxygen atoms in total. The molecule has 1 aliphatic rings. The lowest BCUT2D eigenvalue weighted by Gasteiger charge is -2.43. The number of unbranched alkanes of at least 4 members (excludes halogenated alkanes) is 1. The fourth-order valence-corrected chi connectivity index (χ4v) is 3.72. The maximum Gasteiger partial charge on any atom is 0.408 e. The van der Waals surface area contributed by atoms with E-state index < -0.39 is 23.8 Å². The number of carbonyl (C=O) groups is 3. The van der Waals surface area contributed by atoms with E-state index in [9.17, 15) is 14.4 Å². The van der Waals surface area contributed by atoms with Crippen LogP contribution in [0.3, 0.4) is 0 Å². The molecule has 3 amide bonds. The lowest BCUT2D eigenvalue weighted by atomic mass is 9.87. The third-order valence-electron chi connectivity index (χ3n) is 5.59. The molecule has 7 heteroatoms. The Morgan fingerprint density at radius 3 is 2.45 bits per heavy atom. The molecule has 0 aromatic heterocycles. The van der Waals surface area contributed by atoms with Gasteiger partial charge in [0.05, 0.1) is 0 Å². The highest BCUT2D eigenvalue weighted by Gasteiger charge is 2.41. The Labute approximate surface area is 197 Å². The van der Waals surface area contributed by atoms with Crippen LogP contribution < -0.4 is 10.6 Å². The summed E-state index contributed by atoms with van der Waals surface area (Å²) in [6.07, 6.45) is 9.40. The van der Waals surface area contributed by atoms with Crippen LogP contribution in [0.4, 0.5) is 4.79 Å². The molecule has 0 radical (unpaired) electrons. The number of nitrogens with zero attached hydrogens (tertiary/aromatic N) is 1. The Morgan fingerprint density at radius 2 is 1.91 bits per heavy atom. The highest BCUT2D eigenvalue weighted by molar-refractivity contribution is 5.92. The minimum Gasteiger partial charge on any atom is -0.444 e. The summed E-state index contributed by atoms with van der Waals surface area (Å²) in [7, 11) is 0. The molecule has 1 aromatic rings. The molecule has 1 aromatic carbocycles. The molecule has 0 saturated heterocycles. The van der Waals surface area contributed by atoms with Crippen molar-refractivity contribution in [2.45, 2.75) is 90.4 Å². The average Bonchev–Trinajstić information content (AvgIpc) is 2.70. The first-order chi connectivity index (χ1) is 15.6. The van der Waals surface area contributed by atoms with Gasteiger partial charge in [-0.2, -0.15) is 0 Å². The van der Waals surface area contributed by atoms with E-state index in [0.717, 1.165) is 32.1 Å². The number of amides is 3. The van der Waals surface area contributed by atoms with Gasteiger partial charge in [-0.05, 0) is 65.0 Å². The summed E-state index contributed by atoms with van der Waals surface area (Å²) in [5.74, 6) is 2.04. The van der Waals surface area contributed by atoms with Gasteiger partial charge in [-0.15, -0.1) is 6.42 Å². The zero-order valence-corrected chi connectivity index (χ0v) is 20.4. The maximum absolute atomic E-state index is 13.7. The SMILES string of the molecule is C#Cc1ccccc1C(C(=O)NCCCC)N(C(=O)C(C)NC(=O)OC(C)(C)C)C1CCC1. The second kappa shape index (κ2) is 11.7. The first-order valence-electron chi connectivity index (χ1n) is 11.7. The van der Waals surface area contributed by atoms with E-state index in [2.05, 4.69) is 16.6 Å². The molecule has 1 saturated carbocycles. The molecular formula is C26H37N3O4. The molecule has 33 heavy (non-hydrogen) atoms. The van der Waals surface area contributed by atoms with Crippen molar-refractivity contribution >= 4 is 17.9 Å². The van der Waals surface area contributed by atoms with Crippen molar-refractivity contribution < 1.29 is 19.1 Å². The van der Waals surface area contributed by atoms with Crippen molar-refractivity contribution in [3.8, 4) is 12.3 Å². The van der Waals surface area contributed by atoms with E-state index in [4.69, 9.17) is 11.2 Å². The van der Waals surface area contributed by atoms with Crippen molar-refractivity contribution in [2.75, 3.05) is 6.54 Å². The van der Waals surface area contributed by atoms with Crippen LogP contribution >= 0.6 is 0 Å². The highest BCUT2D eigenvalue weighted by atomic mass is 16.6.